The Kier molecular flexibility index (Phi) is 4.65. The Morgan fingerprint density at radius 1 is 1.33 bits per heavy atom. The van der Waals surface area contributed by atoms with E-state index in [-0.39, 0.29) is 0 Å². The van der Waals surface area contributed by atoms with Crippen LogP contribution in [-0.2, 0) is 0 Å². The van der Waals surface area contributed by atoms with Gasteiger partial charge in [0, 0.05) is 12.0 Å². The van der Waals surface area contributed by atoms with Crippen LogP contribution in [0.1, 0.15) is 45.1 Å². The first-order valence-electron chi connectivity index (χ1n) is 7.23. The Labute approximate surface area is 111 Å². The highest BCUT2D eigenvalue weighted by Gasteiger charge is 2.33. The molecular weight excluding hydrogens is 222 g/mol. The summed E-state index contributed by atoms with van der Waals surface area (Å²) in [5, 5.41) is 3.67. The molecule has 0 aliphatic carbocycles. The van der Waals surface area contributed by atoms with Gasteiger partial charge in [-0.15, -0.1) is 0 Å². The number of likely N-dealkylation sites (N-methyl/N-ethyl adjacent to an activating group) is 1. The van der Waals surface area contributed by atoms with Crippen LogP contribution >= 0.6 is 0 Å². The van der Waals surface area contributed by atoms with Crippen LogP contribution in [0.5, 0.6) is 5.75 Å². The number of fused-ring (bicyclic) bond motifs is 1. The zero-order chi connectivity index (χ0) is 13.0. The van der Waals surface area contributed by atoms with Gasteiger partial charge in [0.25, 0.3) is 0 Å². The fourth-order valence-electron chi connectivity index (χ4n) is 3.11. The summed E-state index contributed by atoms with van der Waals surface area (Å²) < 4.78 is 5.84. The van der Waals surface area contributed by atoms with Gasteiger partial charge in [0.05, 0.1) is 6.61 Å². The molecule has 1 N–H and O–H groups in total. The first-order chi connectivity index (χ1) is 8.77. The van der Waals surface area contributed by atoms with E-state index in [0.29, 0.717) is 17.9 Å². The first kappa shape index (κ1) is 13.4. The van der Waals surface area contributed by atoms with E-state index < -0.39 is 0 Å². The summed E-state index contributed by atoms with van der Waals surface area (Å²) in [6, 6.07) is 9.09. The molecule has 0 saturated carbocycles. The SMILES string of the molecule is CCCC(NCC)C1c2ccccc2OCC1C. The molecule has 0 aromatic heterocycles. The Balaban J connectivity index is 2.28. The molecule has 0 spiro atoms. The summed E-state index contributed by atoms with van der Waals surface area (Å²) in [6.45, 7) is 8.64. The van der Waals surface area contributed by atoms with Gasteiger partial charge >= 0.3 is 0 Å². The van der Waals surface area contributed by atoms with Gasteiger partial charge in [-0.05, 0) is 30.5 Å². The van der Waals surface area contributed by atoms with Crippen molar-refractivity contribution in [3.8, 4) is 5.75 Å². The van der Waals surface area contributed by atoms with Crippen LogP contribution in [0.3, 0.4) is 0 Å². The van der Waals surface area contributed by atoms with Gasteiger partial charge < -0.3 is 10.1 Å². The van der Waals surface area contributed by atoms with Crippen LogP contribution in [0.25, 0.3) is 0 Å². The predicted molar refractivity (Wildman–Crippen MR) is 76.2 cm³/mol. The molecule has 2 heteroatoms. The molecule has 1 aromatic rings. The zero-order valence-electron chi connectivity index (χ0n) is 11.8. The molecule has 3 unspecified atom stereocenters. The molecule has 1 aliphatic heterocycles. The monoisotopic (exact) mass is 247 g/mol. The molecule has 0 radical (unpaired) electrons. The molecule has 1 heterocycles. The maximum absolute atomic E-state index is 5.84. The summed E-state index contributed by atoms with van der Waals surface area (Å²) in [6.07, 6.45) is 2.46. The summed E-state index contributed by atoms with van der Waals surface area (Å²) in [7, 11) is 0. The smallest absolute Gasteiger partial charge is 0.122 e. The van der Waals surface area contributed by atoms with Crippen molar-refractivity contribution in [3.05, 3.63) is 29.8 Å². The molecule has 100 valence electrons. The van der Waals surface area contributed by atoms with Crippen LogP contribution in [0.15, 0.2) is 24.3 Å². The van der Waals surface area contributed by atoms with Crippen molar-refractivity contribution in [3.63, 3.8) is 0 Å². The minimum atomic E-state index is 0.569. The Bertz CT molecular complexity index is 371. The third-order valence-corrected chi connectivity index (χ3v) is 3.89. The largest absolute Gasteiger partial charge is 0.493 e. The number of ether oxygens (including phenoxy) is 1. The van der Waals surface area contributed by atoms with Crippen LogP contribution in [0.2, 0.25) is 0 Å². The molecule has 0 fully saturated rings. The quantitative estimate of drug-likeness (QED) is 0.858. The number of rotatable bonds is 5. The highest BCUT2D eigenvalue weighted by molar-refractivity contribution is 5.39. The maximum atomic E-state index is 5.84. The van der Waals surface area contributed by atoms with Crippen molar-refractivity contribution in [1.82, 2.24) is 5.32 Å². The molecule has 2 nitrogen and oxygen atoms in total. The number of hydrogen-bond donors (Lipinski definition) is 1. The van der Waals surface area contributed by atoms with Crippen molar-refractivity contribution < 1.29 is 4.74 Å². The van der Waals surface area contributed by atoms with E-state index in [9.17, 15) is 0 Å². The van der Waals surface area contributed by atoms with Crippen molar-refractivity contribution in [2.75, 3.05) is 13.2 Å². The van der Waals surface area contributed by atoms with E-state index in [0.717, 1.165) is 18.9 Å². The Morgan fingerprint density at radius 3 is 2.83 bits per heavy atom. The summed E-state index contributed by atoms with van der Waals surface area (Å²) >= 11 is 0. The molecule has 1 aromatic carbocycles. The van der Waals surface area contributed by atoms with Gasteiger partial charge in [0.1, 0.15) is 5.75 Å². The lowest BCUT2D eigenvalue weighted by Gasteiger charge is -2.37. The first-order valence-corrected chi connectivity index (χ1v) is 7.23. The van der Waals surface area contributed by atoms with E-state index in [1.165, 1.54) is 18.4 Å². The lowest BCUT2D eigenvalue weighted by atomic mass is 9.78. The number of hydrogen-bond acceptors (Lipinski definition) is 2. The van der Waals surface area contributed by atoms with Crippen molar-refractivity contribution in [2.45, 2.75) is 45.6 Å². The minimum Gasteiger partial charge on any atom is -0.493 e. The van der Waals surface area contributed by atoms with Gasteiger partial charge in [-0.25, -0.2) is 0 Å². The van der Waals surface area contributed by atoms with E-state index in [1.807, 2.05) is 0 Å². The second-order valence-corrected chi connectivity index (χ2v) is 5.30. The zero-order valence-corrected chi connectivity index (χ0v) is 11.8. The second kappa shape index (κ2) is 6.24. The van der Waals surface area contributed by atoms with Gasteiger partial charge in [0.15, 0.2) is 0 Å². The fraction of sp³-hybridized carbons (Fsp3) is 0.625. The predicted octanol–water partition coefficient (Wildman–Crippen LogP) is 3.58. The summed E-state index contributed by atoms with van der Waals surface area (Å²) in [5.41, 5.74) is 1.38. The average Bonchev–Trinajstić information content (AvgIpc) is 2.38. The highest BCUT2D eigenvalue weighted by Crippen LogP contribution is 2.39. The van der Waals surface area contributed by atoms with Crippen LogP contribution in [-0.4, -0.2) is 19.2 Å². The van der Waals surface area contributed by atoms with Crippen molar-refractivity contribution >= 4 is 0 Å². The van der Waals surface area contributed by atoms with E-state index >= 15 is 0 Å². The number of nitrogens with one attached hydrogen (secondary N) is 1. The van der Waals surface area contributed by atoms with Gasteiger partial charge in [-0.3, -0.25) is 0 Å². The third-order valence-electron chi connectivity index (χ3n) is 3.89. The fourth-order valence-corrected chi connectivity index (χ4v) is 3.11. The van der Waals surface area contributed by atoms with Crippen molar-refractivity contribution in [2.24, 2.45) is 5.92 Å². The molecule has 2 rings (SSSR count). The van der Waals surface area contributed by atoms with Crippen LogP contribution in [0.4, 0.5) is 0 Å². The molecule has 18 heavy (non-hydrogen) atoms. The minimum absolute atomic E-state index is 0.569. The topological polar surface area (TPSA) is 21.3 Å². The molecular formula is C16H25NO. The van der Waals surface area contributed by atoms with Crippen LogP contribution < -0.4 is 10.1 Å². The lowest BCUT2D eigenvalue weighted by Crippen LogP contribution is -2.41. The van der Waals surface area contributed by atoms with Gasteiger partial charge in [-0.2, -0.15) is 0 Å². The molecule has 0 saturated heterocycles. The van der Waals surface area contributed by atoms with Gasteiger partial charge in [0.2, 0.25) is 0 Å². The molecule has 1 aliphatic rings. The average molecular weight is 247 g/mol. The van der Waals surface area contributed by atoms with Gasteiger partial charge in [-0.1, -0.05) is 45.4 Å². The number of para-hydroxylation sites is 1. The number of benzene rings is 1. The molecule has 3 atom stereocenters. The Morgan fingerprint density at radius 2 is 2.11 bits per heavy atom. The lowest BCUT2D eigenvalue weighted by molar-refractivity contribution is 0.179. The highest BCUT2D eigenvalue weighted by atomic mass is 16.5. The molecule has 0 bridgehead atoms. The second-order valence-electron chi connectivity index (χ2n) is 5.30. The van der Waals surface area contributed by atoms with E-state index in [1.54, 1.807) is 0 Å². The van der Waals surface area contributed by atoms with Crippen molar-refractivity contribution in [1.29, 1.82) is 0 Å². The third kappa shape index (κ3) is 2.69. The Hall–Kier alpha value is -1.02. The summed E-state index contributed by atoms with van der Waals surface area (Å²) in [5.74, 6) is 2.24. The standard InChI is InChI=1S/C16H25NO/c1-4-8-14(17-5-2)16-12(3)11-18-15-10-7-6-9-13(15)16/h6-7,9-10,12,14,16-17H,4-5,8,11H2,1-3H3. The van der Waals surface area contributed by atoms with E-state index in [2.05, 4.69) is 50.4 Å². The van der Waals surface area contributed by atoms with Crippen LogP contribution in [0, 0.1) is 5.92 Å². The molecule has 0 amide bonds. The van der Waals surface area contributed by atoms with E-state index in [4.69, 9.17) is 4.74 Å². The summed E-state index contributed by atoms with van der Waals surface area (Å²) in [4.78, 5) is 0. The maximum Gasteiger partial charge on any atom is 0.122 e. The normalized spacial score (nSPS) is 24.2.